The SMILES string of the molecule is NC(=O)c1c(NC(=O)CCN2CCOC(c3ccc(Br)cc3)C2)sc2c1CCCC2. The zero-order chi connectivity index (χ0) is 21.1. The highest BCUT2D eigenvalue weighted by atomic mass is 79.9. The predicted molar refractivity (Wildman–Crippen MR) is 122 cm³/mol. The summed E-state index contributed by atoms with van der Waals surface area (Å²) >= 11 is 4.97. The van der Waals surface area contributed by atoms with E-state index in [0.717, 1.165) is 54.4 Å². The Bertz CT molecular complexity index is 928. The zero-order valence-electron chi connectivity index (χ0n) is 16.8. The first kappa shape index (κ1) is 21.5. The van der Waals surface area contributed by atoms with E-state index in [2.05, 4.69) is 38.3 Å². The average Bonchev–Trinajstić information content (AvgIpc) is 3.11. The van der Waals surface area contributed by atoms with Crippen LogP contribution >= 0.6 is 27.3 Å². The molecule has 1 fully saturated rings. The molecule has 0 spiro atoms. The lowest BCUT2D eigenvalue weighted by atomic mass is 9.95. The first-order chi connectivity index (χ1) is 14.5. The van der Waals surface area contributed by atoms with Gasteiger partial charge in [0.05, 0.1) is 18.3 Å². The van der Waals surface area contributed by atoms with E-state index in [1.54, 1.807) is 0 Å². The summed E-state index contributed by atoms with van der Waals surface area (Å²) in [6, 6.07) is 8.16. The van der Waals surface area contributed by atoms with E-state index in [-0.39, 0.29) is 12.0 Å². The van der Waals surface area contributed by atoms with Gasteiger partial charge < -0.3 is 15.8 Å². The number of anilines is 1. The van der Waals surface area contributed by atoms with Crippen LogP contribution in [0.3, 0.4) is 0 Å². The maximum Gasteiger partial charge on any atom is 0.251 e. The third-order valence-electron chi connectivity index (χ3n) is 5.72. The Balaban J connectivity index is 1.34. The molecule has 6 nitrogen and oxygen atoms in total. The maximum atomic E-state index is 12.6. The number of morpholine rings is 1. The first-order valence-corrected chi connectivity index (χ1v) is 12.0. The van der Waals surface area contributed by atoms with Gasteiger partial charge in [-0.25, -0.2) is 0 Å². The monoisotopic (exact) mass is 491 g/mol. The van der Waals surface area contributed by atoms with E-state index >= 15 is 0 Å². The molecule has 3 N–H and O–H groups in total. The Kier molecular flexibility index (Phi) is 6.87. The first-order valence-electron chi connectivity index (χ1n) is 10.3. The number of benzene rings is 1. The van der Waals surface area contributed by atoms with Crippen LogP contribution in [0.5, 0.6) is 0 Å². The highest BCUT2D eigenvalue weighted by Crippen LogP contribution is 2.38. The van der Waals surface area contributed by atoms with E-state index in [4.69, 9.17) is 10.5 Å². The van der Waals surface area contributed by atoms with Gasteiger partial charge in [0.2, 0.25) is 5.91 Å². The molecular formula is C22H26BrN3O3S. The fraction of sp³-hybridized carbons (Fsp3) is 0.455. The fourth-order valence-corrected chi connectivity index (χ4v) is 5.72. The Hall–Kier alpha value is -1.74. The number of nitrogens with one attached hydrogen (secondary N) is 1. The van der Waals surface area contributed by atoms with E-state index in [0.29, 0.717) is 30.1 Å². The molecule has 0 radical (unpaired) electrons. The number of carbonyl (C=O) groups excluding carboxylic acids is 2. The smallest absolute Gasteiger partial charge is 0.251 e. The fourth-order valence-electron chi connectivity index (χ4n) is 4.15. The number of primary amides is 1. The highest BCUT2D eigenvalue weighted by molar-refractivity contribution is 9.10. The van der Waals surface area contributed by atoms with Crippen molar-refractivity contribution in [3.8, 4) is 0 Å². The normalized spacial score (nSPS) is 19.3. The molecule has 2 amide bonds. The number of aryl methyl sites for hydroxylation is 1. The van der Waals surface area contributed by atoms with Gasteiger partial charge in [-0.05, 0) is 48.9 Å². The molecule has 8 heteroatoms. The summed E-state index contributed by atoms with van der Waals surface area (Å²) in [5.41, 5.74) is 8.32. The van der Waals surface area contributed by atoms with Crippen LogP contribution in [0, 0.1) is 0 Å². The number of hydrogen-bond donors (Lipinski definition) is 2. The van der Waals surface area contributed by atoms with Crippen LogP contribution in [0.1, 0.15) is 51.7 Å². The van der Waals surface area contributed by atoms with Gasteiger partial charge in [-0.1, -0.05) is 28.1 Å². The lowest BCUT2D eigenvalue weighted by molar-refractivity contribution is -0.117. The molecule has 30 heavy (non-hydrogen) atoms. The molecule has 2 heterocycles. The van der Waals surface area contributed by atoms with Crippen molar-refractivity contribution < 1.29 is 14.3 Å². The standard InChI is InChI=1S/C22H26BrN3O3S/c23-15-7-5-14(6-8-15)17-13-26(11-12-29-17)10-9-19(27)25-22-20(21(24)28)16-3-1-2-4-18(16)30-22/h5-8,17H,1-4,9-13H2,(H2,24,28)(H,25,27). The average molecular weight is 492 g/mol. The summed E-state index contributed by atoms with van der Waals surface area (Å²) in [4.78, 5) is 28.0. The molecule has 0 saturated carbocycles. The molecule has 1 aromatic carbocycles. The minimum Gasteiger partial charge on any atom is -0.371 e. The van der Waals surface area contributed by atoms with Gasteiger partial charge in [0.25, 0.3) is 5.91 Å². The number of thiophene rings is 1. The van der Waals surface area contributed by atoms with Crippen LogP contribution in [0.4, 0.5) is 5.00 Å². The molecule has 1 saturated heterocycles. The summed E-state index contributed by atoms with van der Waals surface area (Å²) in [5, 5.41) is 3.57. The van der Waals surface area contributed by atoms with Gasteiger partial charge in [-0.15, -0.1) is 11.3 Å². The van der Waals surface area contributed by atoms with Gasteiger partial charge in [0, 0.05) is 35.4 Å². The van der Waals surface area contributed by atoms with Crippen molar-refractivity contribution in [2.45, 2.75) is 38.2 Å². The number of rotatable bonds is 6. The second kappa shape index (κ2) is 9.60. The molecule has 1 unspecified atom stereocenters. The van der Waals surface area contributed by atoms with Crippen molar-refractivity contribution >= 4 is 44.1 Å². The molecule has 1 aliphatic heterocycles. The van der Waals surface area contributed by atoms with Crippen molar-refractivity contribution in [2.75, 3.05) is 31.6 Å². The van der Waals surface area contributed by atoms with Crippen LogP contribution in [0.15, 0.2) is 28.7 Å². The number of amides is 2. The Morgan fingerprint density at radius 1 is 1.23 bits per heavy atom. The molecule has 160 valence electrons. The zero-order valence-corrected chi connectivity index (χ0v) is 19.2. The second-order valence-corrected chi connectivity index (χ2v) is 9.81. The number of ether oxygens (including phenoxy) is 1. The van der Waals surface area contributed by atoms with Gasteiger partial charge in [-0.2, -0.15) is 0 Å². The van der Waals surface area contributed by atoms with Gasteiger partial charge in [0.1, 0.15) is 5.00 Å². The Morgan fingerprint density at radius 2 is 2.00 bits per heavy atom. The van der Waals surface area contributed by atoms with Crippen LogP contribution in [0.2, 0.25) is 0 Å². The van der Waals surface area contributed by atoms with Gasteiger partial charge in [0.15, 0.2) is 0 Å². The minimum absolute atomic E-state index is 0.0143. The lowest BCUT2D eigenvalue weighted by Crippen LogP contribution is -2.39. The quantitative estimate of drug-likeness (QED) is 0.641. The molecular weight excluding hydrogens is 466 g/mol. The number of carbonyl (C=O) groups is 2. The molecule has 0 bridgehead atoms. The van der Waals surface area contributed by atoms with E-state index in [1.165, 1.54) is 16.2 Å². The van der Waals surface area contributed by atoms with E-state index in [9.17, 15) is 9.59 Å². The van der Waals surface area contributed by atoms with Crippen LogP contribution in [0.25, 0.3) is 0 Å². The van der Waals surface area contributed by atoms with Crippen molar-refractivity contribution in [3.63, 3.8) is 0 Å². The largest absolute Gasteiger partial charge is 0.371 e. The molecule has 4 rings (SSSR count). The van der Waals surface area contributed by atoms with Gasteiger partial charge >= 0.3 is 0 Å². The second-order valence-electron chi connectivity index (χ2n) is 7.79. The maximum absolute atomic E-state index is 12.6. The van der Waals surface area contributed by atoms with Crippen LogP contribution < -0.4 is 11.1 Å². The number of fused-ring (bicyclic) bond motifs is 1. The summed E-state index contributed by atoms with van der Waals surface area (Å²) in [7, 11) is 0. The summed E-state index contributed by atoms with van der Waals surface area (Å²) < 4.78 is 6.96. The van der Waals surface area contributed by atoms with Crippen molar-refractivity contribution in [2.24, 2.45) is 5.73 Å². The molecule has 2 aliphatic rings. The highest BCUT2D eigenvalue weighted by Gasteiger charge is 2.26. The number of nitrogens with two attached hydrogens (primary N) is 1. The summed E-state index contributed by atoms with van der Waals surface area (Å²) in [6.07, 6.45) is 4.39. The summed E-state index contributed by atoms with van der Waals surface area (Å²) in [5.74, 6) is -0.530. The number of nitrogens with zero attached hydrogens (tertiary/aromatic N) is 1. The Morgan fingerprint density at radius 3 is 2.77 bits per heavy atom. The molecule has 1 aliphatic carbocycles. The molecule has 1 atom stereocenters. The van der Waals surface area contributed by atoms with Crippen LogP contribution in [-0.4, -0.2) is 43.0 Å². The number of hydrogen-bond acceptors (Lipinski definition) is 5. The molecule has 2 aromatic rings. The third-order valence-corrected chi connectivity index (χ3v) is 7.45. The topological polar surface area (TPSA) is 84.7 Å². The Labute approximate surface area is 188 Å². The van der Waals surface area contributed by atoms with Crippen LogP contribution in [-0.2, 0) is 22.4 Å². The number of halogens is 1. The van der Waals surface area contributed by atoms with Crippen molar-refractivity contribution in [3.05, 3.63) is 50.3 Å². The van der Waals surface area contributed by atoms with Gasteiger partial charge in [-0.3, -0.25) is 14.5 Å². The summed E-state index contributed by atoms with van der Waals surface area (Å²) in [6.45, 7) is 2.86. The lowest BCUT2D eigenvalue weighted by Gasteiger charge is -2.33. The van der Waals surface area contributed by atoms with E-state index < -0.39 is 5.91 Å². The van der Waals surface area contributed by atoms with E-state index in [1.807, 2.05) is 12.1 Å². The van der Waals surface area contributed by atoms with Crippen molar-refractivity contribution in [1.82, 2.24) is 4.90 Å². The minimum atomic E-state index is -0.449. The van der Waals surface area contributed by atoms with Crippen molar-refractivity contribution in [1.29, 1.82) is 0 Å². The molecule has 1 aromatic heterocycles. The predicted octanol–water partition coefficient (Wildman–Crippen LogP) is 3.89. The third kappa shape index (κ3) is 4.94.